The summed E-state index contributed by atoms with van der Waals surface area (Å²) in [5.74, 6) is -0.441. The molecule has 2 aliphatic rings. The van der Waals surface area contributed by atoms with Crippen molar-refractivity contribution < 1.29 is 19.1 Å². The third kappa shape index (κ3) is 4.00. The monoisotopic (exact) mass is 410 g/mol. The first-order chi connectivity index (χ1) is 14.4. The van der Waals surface area contributed by atoms with Gasteiger partial charge in [-0.25, -0.2) is 4.98 Å². The molecule has 2 saturated heterocycles. The van der Waals surface area contributed by atoms with Crippen molar-refractivity contribution in [1.29, 1.82) is 0 Å². The van der Waals surface area contributed by atoms with Crippen molar-refractivity contribution in [2.75, 3.05) is 32.8 Å². The maximum atomic E-state index is 13.1. The predicted octanol–water partition coefficient (Wildman–Crippen LogP) is 1.49. The summed E-state index contributed by atoms with van der Waals surface area (Å²) in [5.41, 5.74) is 7.26. The number of carbonyl (C=O) groups excluding carboxylic acids is 3. The van der Waals surface area contributed by atoms with Crippen molar-refractivity contribution in [1.82, 2.24) is 14.8 Å². The number of para-hydroxylation sites is 1. The maximum absolute atomic E-state index is 13.1. The number of aromatic nitrogens is 1. The Labute approximate surface area is 175 Å². The number of benzene rings is 1. The second-order valence-corrected chi connectivity index (χ2v) is 7.90. The molecule has 30 heavy (non-hydrogen) atoms. The number of nitrogens with zero attached hydrogens (tertiary/aromatic N) is 3. The average molecular weight is 410 g/mol. The van der Waals surface area contributed by atoms with E-state index in [9.17, 15) is 14.4 Å². The molecule has 1 atom stereocenters. The minimum atomic E-state index is -0.518. The van der Waals surface area contributed by atoms with Crippen LogP contribution in [-0.4, -0.2) is 65.3 Å². The van der Waals surface area contributed by atoms with E-state index in [0.717, 1.165) is 0 Å². The van der Waals surface area contributed by atoms with Crippen LogP contribution >= 0.6 is 0 Å². The molecule has 2 fully saturated rings. The molecule has 1 aromatic heterocycles. The molecule has 8 heteroatoms. The van der Waals surface area contributed by atoms with Crippen LogP contribution in [-0.2, 0) is 14.3 Å². The largest absolute Gasteiger partial charge is 0.368 e. The van der Waals surface area contributed by atoms with Gasteiger partial charge in [0.2, 0.25) is 17.7 Å². The Morgan fingerprint density at radius 1 is 1.10 bits per heavy atom. The number of fused-ring (bicyclic) bond motifs is 1. The summed E-state index contributed by atoms with van der Waals surface area (Å²) in [4.78, 5) is 44.8. The van der Waals surface area contributed by atoms with Gasteiger partial charge >= 0.3 is 0 Å². The molecule has 0 saturated carbocycles. The summed E-state index contributed by atoms with van der Waals surface area (Å²) in [6.45, 7) is 4.12. The molecular formula is C22H26N4O4. The number of likely N-dealkylation sites (tertiary alicyclic amines) is 1. The second-order valence-electron chi connectivity index (χ2n) is 7.90. The Bertz CT molecular complexity index is 984. The van der Waals surface area contributed by atoms with E-state index in [4.69, 9.17) is 10.5 Å². The first-order valence-corrected chi connectivity index (χ1v) is 10.3. The van der Waals surface area contributed by atoms with Crippen LogP contribution in [0.25, 0.3) is 10.9 Å². The Kier molecular flexibility index (Phi) is 5.67. The van der Waals surface area contributed by atoms with Crippen molar-refractivity contribution in [2.45, 2.75) is 25.9 Å². The molecule has 158 valence electrons. The fourth-order valence-electron chi connectivity index (χ4n) is 4.29. The molecule has 3 heterocycles. The van der Waals surface area contributed by atoms with E-state index in [1.165, 1.54) is 0 Å². The predicted molar refractivity (Wildman–Crippen MR) is 111 cm³/mol. The number of ether oxygens (including phenoxy) is 1. The molecule has 2 N–H and O–H groups in total. The fraction of sp³-hybridized carbons (Fsp3) is 0.455. The van der Waals surface area contributed by atoms with E-state index in [1.807, 2.05) is 29.2 Å². The molecule has 4 rings (SSSR count). The lowest BCUT2D eigenvalue weighted by Gasteiger charge is -2.37. The van der Waals surface area contributed by atoms with Crippen molar-refractivity contribution in [3.8, 4) is 0 Å². The normalized spacial score (nSPS) is 20.4. The van der Waals surface area contributed by atoms with Crippen molar-refractivity contribution in [2.24, 2.45) is 11.7 Å². The number of hydrogen-bond donors (Lipinski definition) is 1. The summed E-state index contributed by atoms with van der Waals surface area (Å²) in [7, 11) is 0. The minimum absolute atomic E-state index is 0.0555. The van der Waals surface area contributed by atoms with Gasteiger partial charge in [-0.1, -0.05) is 18.2 Å². The van der Waals surface area contributed by atoms with Gasteiger partial charge in [-0.3, -0.25) is 14.4 Å². The van der Waals surface area contributed by atoms with Crippen LogP contribution in [0.15, 0.2) is 30.3 Å². The fourth-order valence-corrected chi connectivity index (χ4v) is 4.29. The molecule has 2 aliphatic heterocycles. The topological polar surface area (TPSA) is 106 Å². The Hall–Kier alpha value is -3.00. The van der Waals surface area contributed by atoms with Gasteiger partial charge in [-0.15, -0.1) is 0 Å². The van der Waals surface area contributed by atoms with Crippen LogP contribution < -0.4 is 5.73 Å². The molecule has 0 aliphatic carbocycles. The summed E-state index contributed by atoms with van der Waals surface area (Å²) in [6, 6.07) is 9.02. The van der Waals surface area contributed by atoms with Crippen LogP contribution in [0.5, 0.6) is 0 Å². The zero-order valence-electron chi connectivity index (χ0n) is 17.0. The van der Waals surface area contributed by atoms with Crippen molar-refractivity contribution in [3.05, 3.63) is 41.6 Å². The van der Waals surface area contributed by atoms with E-state index in [1.54, 1.807) is 17.9 Å². The Morgan fingerprint density at radius 3 is 2.53 bits per heavy atom. The highest BCUT2D eigenvalue weighted by Crippen LogP contribution is 2.28. The number of piperidine rings is 1. The molecule has 0 radical (unpaired) electrons. The lowest BCUT2D eigenvalue weighted by molar-refractivity contribution is -0.146. The van der Waals surface area contributed by atoms with E-state index in [0.29, 0.717) is 67.8 Å². The highest BCUT2D eigenvalue weighted by Gasteiger charge is 2.33. The lowest BCUT2D eigenvalue weighted by Crippen LogP contribution is -2.48. The molecule has 0 bridgehead atoms. The molecule has 0 spiro atoms. The van der Waals surface area contributed by atoms with E-state index >= 15 is 0 Å². The Balaban J connectivity index is 1.51. The zero-order valence-corrected chi connectivity index (χ0v) is 17.0. The molecule has 8 nitrogen and oxygen atoms in total. The number of nitrogens with two attached hydrogens (primary N) is 1. The quantitative estimate of drug-likeness (QED) is 0.825. The van der Waals surface area contributed by atoms with E-state index < -0.39 is 12.0 Å². The maximum Gasteiger partial charge on any atom is 0.249 e. The van der Waals surface area contributed by atoms with Crippen LogP contribution in [0.4, 0.5) is 0 Å². The second kappa shape index (κ2) is 8.39. The van der Waals surface area contributed by atoms with Crippen LogP contribution in [0, 0.1) is 5.92 Å². The van der Waals surface area contributed by atoms with Gasteiger partial charge in [-0.05, 0) is 25.0 Å². The third-order valence-electron chi connectivity index (χ3n) is 6.00. The highest BCUT2D eigenvalue weighted by atomic mass is 16.5. The summed E-state index contributed by atoms with van der Waals surface area (Å²) in [6.07, 6.45) is 0.948. The summed E-state index contributed by atoms with van der Waals surface area (Å²) in [5, 5.41) is 0.703. The number of hydrogen-bond acceptors (Lipinski definition) is 5. The van der Waals surface area contributed by atoms with Gasteiger partial charge in [0, 0.05) is 37.9 Å². The lowest BCUT2D eigenvalue weighted by atomic mass is 9.94. The number of morpholine rings is 1. The van der Waals surface area contributed by atoms with Crippen LogP contribution in [0.3, 0.4) is 0 Å². The number of carbonyl (C=O) groups is 3. The smallest absolute Gasteiger partial charge is 0.249 e. The van der Waals surface area contributed by atoms with E-state index in [-0.39, 0.29) is 17.7 Å². The molecule has 1 aromatic carbocycles. The van der Waals surface area contributed by atoms with Gasteiger partial charge in [0.05, 0.1) is 29.9 Å². The van der Waals surface area contributed by atoms with Crippen molar-refractivity contribution in [3.63, 3.8) is 0 Å². The van der Waals surface area contributed by atoms with Crippen LogP contribution in [0.1, 0.15) is 41.9 Å². The molecule has 1 unspecified atom stereocenters. The summed E-state index contributed by atoms with van der Waals surface area (Å²) >= 11 is 0. The zero-order chi connectivity index (χ0) is 21.3. The number of pyridine rings is 1. The van der Waals surface area contributed by atoms with Crippen molar-refractivity contribution >= 4 is 28.6 Å². The van der Waals surface area contributed by atoms with Crippen LogP contribution in [0.2, 0.25) is 0 Å². The minimum Gasteiger partial charge on any atom is -0.368 e. The van der Waals surface area contributed by atoms with Gasteiger partial charge in [0.25, 0.3) is 0 Å². The highest BCUT2D eigenvalue weighted by molar-refractivity contribution is 6.05. The third-order valence-corrected chi connectivity index (χ3v) is 6.00. The first-order valence-electron chi connectivity index (χ1n) is 10.3. The number of primary amides is 1. The molecule has 2 aromatic rings. The van der Waals surface area contributed by atoms with Gasteiger partial charge in [-0.2, -0.15) is 0 Å². The van der Waals surface area contributed by atoms with E-state index in [2.05, 4.69) is 4.98 Å². The van der Waals surface area contributed by atoms with Gasteiger partial charge in [0.15, 0.2) is 0 Å². The SMILES string of the molecule is CC(=O)N1CCC(C(=O)N2CCOC(c3cc(C(N)=O)c4ccccc4n3)C2)CC1. The standard InChI is InChI=1S/C22H26N4O4/c1-14(27)25-8-6-15(7-9-25)22(29)26-10-11-30-20(13-26)19-12-17(21(23)28)16-4-2-3-5-18(16)24-19/h2-5,12,15,20H,6-11,13H2,1H3,(H2,23,28). The molecule has 3 amide bonds. The number of amides is 3. The van der Waals surface area contributed by atoms with Gasteiger partial charge < -0.3 is 20.3 Å². The average Bonchev–Trinajstić information content (AvgIpc) is 2.77. The summed E-state index contributed by atoms with van der Waals surface area (Å²) < 4.78 is 5.90. The van der Waals surface area contributed by atoms with Gasteiger partial charge in [0.1, 0.15) is 6.10 Å². The first kappa shape index (κ1) is 20.3. The number of rotatable bonds is 3. The molecular weight excluding hydrogens is 384 g/mol. The Morgan fingerprint density at radius 2 is 1.83 bits per heavy atom.